The van der Waals surface area contributed by atoms with Crippen molar-refractivity contribution in [3.8, 4) is 11.7 Å². The Labute approximate surface area is 87.9 Å². The Morgan fingerprint density at radius 2 is 2.33 bits per heavy atom. The molecular formula is C8H10N3O3P. The maximum absolute atomic E-state index is 9.91. The first-order chi connectivity index (χ1) is 7.22. The second kappa shape index (κ2) is 6.19. The van der Waals surface area contributed by atoms with Crippen molar-refractivity contribution >= 4 is 13.9 Å². The van der Waals surface area contributed by atoms with Gasteiger partial charge in [-0.25, -0.2) is 0 Å². The van der Waals surface area contributed by atoms with Gasteiger partial charge in [0.25, 0.3) is 0 Å². The van der Waals surface area contributed by atoms with Crippen molar-refractivity contribution in [2.24, 2.45) is 0 Å². The summed E-state index contributed by atoms with van der Waals surface area (Å²) in [6, 6.07) is 1.66. The molecule has 0 saturated carbocycles. The van der Waals surface area contributed by atoms with Gasteiger partial charge in [-0.3, -0.25) is 0 Å². The van der Waals surface area contributed by atoms with E-state index in [0.29, 0.717) is 5.88 Å². The fourth-order valence-electron chi connectivity index (χ4n) is 0.896. The van der Waals surface area contributed by atoms with E-state index < -0.39 is 0 Å². The summed E-state index contributed by atoms with van der Waals surface area (Å²) in [7, 11) is -0.281. The van der Waals surface area contributed by atoms with Crippen LogP contribution in [-0.2, 0) is 9.30 Å². The zero-order chi connectivity index (χ0) is 11.1. The molecule has 0 radical (unpaired) electrons. The third-order valence-electron chi connectivity index (χ3n) is 1.39. The summed E-state index contributed by atoms with van der Waals surface area (Å²) < 4.78 is 19.8. The maximum atomic E-state index is 9.91. The van der Waals surface area contributed by atoms with Crippen molar-refractivity contribution in [3.63, 3.8) is 0 Å². The van der Waals surface area contributed by atoms with Crippen molar-refractivity contribution in [3.05, 3.63) is 11.8 Å². The fourth-order valence-corrected chi connectivity index (χ4v) is 1.04. The van der Waals surface area contributed by atoms with E-state index in [1.807, 2.05) is 0 Å². The quantitative estimate of drug-likeness (QED) is 0.609. The van der Waals surface area contributed by atoms with Crippen molar-refractivity contribution in [1.82, 2.24) is 9.97 Å². The number of hydrogen-bond acceptors (Lipinski definition) is 6. The van der Waals surface area contributed by atoms with E-state index in [1.54, 1.807) is 13.0 Å². The van der Waals surface area contributed by atoms with Crippen molar-refractivity contribution < 1.29 is 14.0 Å². The van der Waals surface area contributed by atoms with Crippen LogP contribution in [0.4, 0.5) is 5.95 Å². The van der Waals surface area contributed by atoms with E-state index in [1.165, 1.54) is 0 Å². The molecule has 0 fully saturated rings. The summed E-state index contributed by atoms with van der Waals surface area (Å²) in [5.41, 5.74) is 6.15. The van der Waals surface area contributed by atoms with E-state index in [-0.39, 0.29) is 27.1 Å². The molecule has 0 aliphatic heterocycles. The van der Waals surface area contributed by atoms with Gasteiger partial charge in [-0.2, -0.15) is 0 Å². The molecule has 0 atom stereocenters. The number of nitrogen functional groups attached to an aromatic ring is 1. The molecule has 0 amide bonds. The molecule has 6 nitrogen and oxygen atoms in total. The summed E-state index contributed by atoms with van der Waals surface area (Å²) in [4.78, 5) is 7.75. The summed E-state index contributed by atoms with van der Waals surface area (Å²) in [6.07, 6.45) is 0. The first-order valence-electron chi connectivity index (χ1n) is 4.15. The van der Waals surface area contributed by atoms with Crippen molar-refractivity contribution in [2.45, 2.75) is 6.92 Å². The van der Waals surface area contributed by atoms with Crippen LogP contribution in [-0.4, -0.2) is 23.2 Å². The van der Waals surface area contributed by atoms with Crippen molar-refractivity contribution in [2.75, 3.05) is 18.9 Å². The van der Waals surface area contributed by atoms with E-state index in [0.717, 1.165) is 5.69 Å². The minimum atomic E-state index is -0.281. The predicted molar refractivity (Wildman–Crippen MR) is 54.1 cm³/mol. The van der Waals surface area contributed by atoms with E-state index in [2.05, 4.69) is 15.8 Å². The molecule has 0 spiro atoms. The monoisotopic (exact) mass is 227 g/mol. The molecule has 80 valence electrons. The third-order valence-corrected chi connectivity index (χ3v) is 1.59. The Bertz CT molecular complexity index is 411. The predicted octanol–water partition coefficient (Wildman–Crippen LogP) is 0.971. The molecule has 1 aromatic rings. The SMILES string of the molecule is Cc1cc(OCCOC#P=O)nc(N)n1. The molecule has 0 bridgehead atoms. The molecule has 2 N–H and O–H groups in total. The minimum absolute atomic E-state index is 0.169. The van der Waals surface area contributed by atoms with Crippen LogP contribution in [0.25, 0.3) is 0 Å². The van der Waals surface area contributed by atoms with Crippen LogP contribution in [0.1, 0.15) is 5.69 Å². The number of aromatic nitrogens is 2. The molecule has 0 aliphatic rings. The van der Waals surface area contributed by atoms with Gasteiger partial charge >= 0.3 is 87.2 Å². The Morgan fingerprint density at radius 1 is 1.53 bits per heavy atom. The molecule has 15 heavy (non-hydrogen) atoms. The molecular weight excluding hydrogens is 217 g/mol. The molecule has 1 aromatic heterocycles. The van der Waals surface area contributed by atoms with Gasteiger partial charge in [-0.1, -0.05) is 0 Å². The second-order valence-electron chi connectivity index (χ2n) is 2.59. The molecule has 0 unspecified atom stereocenters. The summed E-state index contributed by atoms with van der Waals surface area (Å²) in [6.45, 7) is 2.32. The van der Waals surface area contributed by atoms with Crippen LogP contribution >= 0.6 is 7.92 Å². The molecule has 1 rings (SSSR count). The number of ether oxygens (including phenoxy) is 2. The Hall–Kier alpha value is -1.35. The molecule has 7 heteroatoms. The molecule has 1 heterocycles. The number of nitrogens with two attached hydrogens (primary N) is 1. The summed E-state index contributed by atoms with van der Waals surface area (Å²) in [5, 5.41) is 0. The van der Waals surface area contributed by atoms with Gasteiger partial charge in [0.15, 0.2) is 0 Å². The number of nitrogens with zero attached hydrogens (tertiary/aromatic N) is 2. The third kappa shape index (κ3) is 4.61. The first kappa shape index (κ1) is 11.7. The van der Waals surface area contributed by atoms with Gasteiger partial charge in [-0.15, -0.1) is 0 Å². The normalized spacial score (nSPS) is 9.40. The van der Waals surface area contributed by atoms with Crippen LogP contribution in [0, 0.1) is 12.7 Å². The van der Waals surface area contributed by atoms with Crippen LogP contribution in [0.3, 0.4) is 0 Å². The van der Waals surface area contributed by atoms with Gasteiger partial charge < -0.3 is 0 Å². The standard InChI is InChI=1S/C8H10N3O3P/c1-6-4-7(11-8(9)10-6)14-3-2-13-5-15-12/h4H,2-3H2,1H3,(H2,9,10,11). The van der Waals surface area contributed by atoms with Crippen molar-refractivity contribution in [1.29, 1.82) is 0 Å². The van der Waals surface area contributed by atoms with Gasteiger partial charge in [-0.05, 0) is 0 Å². The van der Waals surface area contributed by atoms with Crippen LogP contribution in [0.2, 0.25) is 0 Å². The van der Waals surface area contributed by atoms with Crippen LogP contribution in [0.5, 0.6) is 5.88 Å². The van der Waals surface area contributed by atoms with E-state index in [4.69, 9.17) is 15.2 Å². The zero-order valence-corrected chi connectivity index (χ0v) is 9.03. The Morgan fingerprint density at radius 3 is 3.00 bits per heavy atom. The number of aryl methyl sites for hydroxylation is 1. The number of rotatable bonds is 4. The zero-order valence-electron chi connectivity index (χ0n) is 8.14. The molecule has 0 saturated heterocycles. The van der Waals surface area contributed by atoms with Crippen LogP contribution < -0.4 is 10.5 Å². The average molecular weight is 227 g/mol. The topological polar surface area (TPSA) is 87.3 Å². The second-order valence-corrected chi connectivity index (χ2v) is 2.95. The first-order valence-corrected chi connectivity index (χ1v) is 4.96. The average Bonchev–Trinajstić information content (AvgIpc) is 2.16. The molecule has 0 aromatic carbocycles. The van der Waals surface area contributed by atoms with E-state index >= 15 is 0 Å². The molecule has 0 aliphatic carbocycles. The van der Waals surface area contributed by atoms with E-state index in [9.17, 15) is 4.57 Å². The Balaban J connectivity index is 2.42. The van der Waals surface area contributed by atoms with Gasteiger partial charge in [0.1, 0.15) is 0 Å². The Kier molecular flexibility index (Phi) is 4.84. The number of anilines is 1. The fraction of sp³-hybridized carbons (Fsp3) is 0.375. The van der Waals surface area contributed by atoms with Crippen LogP contribution in [0.15, 0.2) is 6.07 Å². The number of hydrogen-bond donors (Lipinski definition) is 1. The summed E-state index contributed by atoms with van der Waals surface area (Å²) >= 11 is 0. The summed E-state index contributed by atoms with van der Waals surface area (Å²) in [5.74, 6) is 2.70. The van der Waals surface area contributed by atoms with Gasteiger partial charge in [0, 0.05) is 0 Å². The van der Waals surface area contributed by atoms with Gasteiger partial charge in [0.2, 0.25) is 0 Å². The van der Waals surface area contributed by atoms with Gasteiger partial charge in [0.05, 0.1) is 0 Å².